The molecule has 1 unspecified atom stereocenters. The average Bonchev–Trinajstić information content (AvgIpc) is 2.75. The summed E-state index contributed by atoms with van der Waals surface area (Å²) in [7, 11) is 1.81. The van der Waals surface area contributed by atoms with Gasteiger partial charge in [-0.2, -0.15) is 0 Å². The number of hydrogen-bond acceptors (Lipinski definition) is 4. The van der Waals surface area contributed by atoms with E-state index in [1.54, 1.807) is 41.5 Å². The van der Waals surface area contributed by atoms with Crippen LogP contribution in [0.1, 0.15) is 52.7 Å². The second-order valence-corrected chi connectivity index (χ2v) is 10.5. The van der Waals surface area contributed by atoms with E-state index in [2.05, 4.69) is 17.1 Å². The Morgan fingerprint density at radius 2 is 1.40 bits per heavy atom. The van der Waals surface area contributed by atoms with Gasteiger partial charge in [-0.3, -0.25) is 0 Å². The van der Waals surface area contributed by atoms with Crippen molar-refractivity contribution in [3.05, 3.63) is 77.9 Å². The van der Waals surface area contributed by atoms with Crippen molar-refractivity contribution in [2.45, 2.75) is 65.2 Å². The van der Waals surface area contributed by atoms with Crippen LogP contribution in [0.3, 0.4) is 0 Å². The lowest BCUT2D eigenvalue weighted by atomic mass is 9.99. The minimum absolute atomic E-state index is 0.149. The average molecular weight is 478 g/mol. The van der Waals surface area contributed by atoms with Crippen molar-refractivity contribution in [1.82, 2.24) is 9.80 Å². The second-order valence-electron chi connectivity index (χ2n) is 10.5. The molecule has 0 aliphatic carbocycles. The molecule has 1 heterocycles. The summed E-state index contributed by atoms with van der Waals surface area (Å²) >= 11 is 0. The molecule has 35 heavy (non-hydrogen) atoms. The molecule has 2 aromatic rings. The summed E-state index contributed by atoms with van der Waals surface area (Å²) < 4.78 is 11.2. The van der Waals surface area contributed by atoms with Crippen molar-refractivity contribution in [2.24, 2.45) is 4.99 Å². The molecule has 2 aromatic carbocycles. The van der Waals surface area contributed by atoms with Crippen LogP contribution in [-0.2, 0) is 15.9 Å². The Kier molecular flexibility index (Phi) is 7.68. The highest BCUT2D eigenvalue weighted by atomic mass is 16.6. The van der Waals surface area contributed by atoms with E-state index < -0.39 is 23.4 Å². The van der Waals surface area contributed by atoms with Crippen molar-refractivity contribution in [1.29, 1.82) is 0 Å². The van der Waals surface area contributed by atoms with Crippen LogP contribution < -0.4 is 0 Å². The standard InChI is InChI=1S/C28H35N3O4/c1-27(2,3)34-25(32)29-24-30(7)22(18-20-14-10-8-11-15-20)19-23(21-16-12-9-13-17-21)31(24)26(33)35-28(4,5)6/h8-17,19,22H,18H2,1-7H3/b29-24+. The minimum atomic E-state index is -0.777. The number of rotatable bonds is 3. The fourth-order valence-electron chi connectivity index (χ4n) is 3.65. The molecular formula is C28H35N3O4. The van der Waals surface area contributed by atoms with Gasteiger partial charge < -0.3 is 14.4 Å². The molecule has 0 saturated heterocycles. The van der Waals surface area contributed by atoms with Crippen molar-refractivity contribution < 1.29 is 19.1 Å². The summed E-state index contributed by atoms with van der Waals surface area (Å²) in [6, 6.07) is 19.4. The third kappa shape index (κ3) is 7.18. The number of likely N-dealkylation sites (N-methyl/N-ethyl adjacent to an activating group) is 1. The first-order chi connectivity index (χ1) is 16.3. The highest BCUT2D eigenvalue weighted by Gasteiger charge is 2.38. The van der Waals surface area contributed by atoms with Gasteiger partial charge in [-0.05, 0) is 65.2 Å². The number of ether oxygens (including phenoxy) is 2. The fourth-order valence-corrected chi connectivity index (χ4v) is 3.65. The molecule has 1 aliphatic rings. The molecule has 0 spiro atoms. The van der Waals surface area contributed by atoms with Gasteiger partial charge in [-0.15, -0.1) is 4.99 Å². The van der Waals surface area contributed by atoms with Gasteiger partial charge in [-0.1, -0.05) is 60.7 Å². The molecule has 186 valence electrons. The first-order valence-electron chi connectivity index (χ1n) is 11.7. The highest BCUT2D eigenvalue weighted by molar-refractivity contribution is 6.07. The number of nitrogens with zero attached hydrogens (tertiary/aromatic N) is 3. The molecule has 0 saturated carbocycles. The largest absolute Gasteiger partial charge is 0.443 e. The molecule has 0 radical (unpaired) electrons. The topological polar surface area (TPSA) is 71.4 Å². The predicted octanol–water partition coefficient (Wildman–Crippen LogP) is 6.11. The van der Waals surface area contributed by atoms with Gasteiger partial charge in [0.1, 0.15) is 11.2 Å². The molecule has 7 nitrogen and oxygen atoms in total. The zero-order chi connectivity index (χ0) is 25.8. The van der Waals surface area contributed by atoms with Gasteiger partial charge in [0.05, 0.1) is 11.7 Å². The summed E-state index contributed by atoms with van der Waals surface area (Å²) in [4.78, 5) is 33.7. The third-order valence-electron chi connectivity index (χ3n) is 5.12. The van der Waals surface area contributed by atoms with E-state index in [4.69, 9.17) is 9.47 Å². The van der Waals surface area contributed by atoms with Crippen LogP contribution in [0.15, 0.2) is 71.7 Å². The Hall–Kier alpha value is -3.61. The SMILES string of the molecule is CN1/C(=N\C(=O)OC(C)(C)C)N(C(=O)OC(C)(C)C)C(c2ccccc2)=CC1Cc1ccccc1. The van der Waals surface area contributed by atoms with E-state index in [1.165, 1.54) is 4.90 Å². The maximum atomic E-state index is 13.5. The number of carbonyl (C=O) groups excluding carboxylic acids is 2. The van der Waals surface area contributed by atoms with Crippen molar-refractivity contribution >= 4 is 23.8 Å². The summed E-state index contributed by atoms with van der Waals surface area (Å²) in [5, 5.41) is 0. The maximum Gasteiger partial charge on any atom is 0.437 e. The molecule has 1 atom stereocenters. The Morgan fingerprint density at radius 3 is 1.94 bits per heavy atom. The maximum absolute atomic E-state index is 13.5. The third-order valence-corrected chi connectivity index (χ3v) is 5.12. The molecule has 1 aliphatic heterocycles. The first-order valence-corrected chi connectivity index (χ1v) is 11.7. The van der Waals surface area contributed by atoms with Gasteiger partial charge in [-0.25, -0.2) is 14.5 Å². The fraction of sp³-hybridized carbons (Fsp3) is 0.393. The lowest BCUT2D eigenvalue weighted by molar-refractivity contribution is 0.0415. The molecule has 7 heteroatoms. The lowest BCUT2D eigenvalue weighted by Crippen LogP contribution is -2.54. The molecule has 0 bridgehead atoms. The first kappa shape index (κ1) is 26.0. The van der Waals surface area contributed by atoms with Crippen LogP contribution in [0.4, 0.5) is 9.59 Å². The molecular weight excluding hydrogens is 442 g/mol. The smallest absolute Gasteiger partial charge is 0.437 e. The van der Waals surface area contributed by atoms with E-state index in [-0.39, 0.29) is 12.0 Å². The quantitative estimate of drug-likeness (QED) is 0.533. The predicted molar refractivity (Wildman–Crippen MR) is 138 cm³/mol. The number of hydrogen-bond donors (Lipinski definition) is 0. The van der Waals surface area contributed by atoms with E-state index in [0.29, 0.717) is 12.1 Å². The summed E-state index contributed by atoms with van der Waals surface area (Å²) in [6.45, 7) is 10.7. The molecule has 2 amide bonds. The van der Waals surface area contributed by atoms with Crippen LogP contribution in [0, 0.1) is 0 Å². The van der Waals surface area contributed by atoms with Crippen LogP contribution in [0.5, 0.6) is 0 Å². The highest BCUT2D eigenvalue weighted by Crippen LogP contribution is 2.30. The van der Waals surface area contributed by atoms with E-state index >= 15 is 0 Å². The Bertz CT molecular complexity index is 1100. The number of aliphatic imine (C=N–C) groups is 1. The molecule has 3 rings (SSSR count). The zero-order valence-corrected chi connectivity index (χ0v) is 21.6. The number of carbonyl (C=O) groups is 2. The van der Waals surface area contributed by atoms with Crippen molar-refractivity contribution in [3.63, 3.8) is 0 Å². The van der Waals surface area contributed by atoms with Crippen molar-refractivity contribution in [2.75, 3.05) is 7.05 Å². The number of guanidine groups is 1. The molecule has 0 N–H and O–H groups in total. The summed E-state index contributed by atoms with van der Waals surface area (Å²) in [6.07, 6.45) is 1.27. The van der Waals surface area contributed by atoms with E-state index in [1.807, 2.05) is 66.6 Å². The molecule has 0 fully saturated rings. The summed E-state index contributed by atoms with van der Waals surface area (Å²) in [5.74, 6) is 0.149. The van der Waals surface area contributed by atoms with Gasteiger partial charge >= 0.3 is 12.2 Å². The van der Waals surface area contributed by atoms with Gasteiger partial charge in [0.25, 0.3) is 0 Å². The van der Waals surface area contributed by atoms with Crippen LogP contribution in [-0.4, -0.2) is 52.2 Å². The van der Waals surface area contributed by atoms with E-state index in [9.17, 15) is 9.59 Å². The monoisotopic (exact) mass is 477 g/mol. The van der Waals surface area contributed by atoms with Gasteiger partial charge in [0.2, 0.25) is 5.96 Å². The van der Waals surface area contributed by atoms with E-state index in [0.717, 1.165) is 11.1 Å². The number of benzene rings is 2. The van der Waals surface area contributed by atoms with Crippen LogP contribution in [0.25, 0.3) is 5.70 Å². The molecule has 0 aromatic heterocycles. The Morgan fingerprint density at radius 1 is 0.857 bits per heavy atom. The van der Waals surface area contributed by atoms with Gasteiger partial charge in [0.15, 0.2) is 0 Å². The normalized spacial score (nSPS) is 17.7. The Labute approximate surface area is 208 Å². The zero-order valence-electron chi connectivity index (χ0n) is 21.6. The van der Waals surface area contributed by atoms with Gasteiger partial charge in [0, 0.05) is 7.05 Å². The number of amides is 2. The minimum Gasteiger partial charge on any atom is -0.443 e. The van der Waals surface area contributed by atoms with Crippen molar-refractivity contribution in [3.8, 4) is 0 Å². The lowest BCUT2D eigenvalue weighted by Gasteiger charge is -2.41. The van der Waals surface area contributed by atoms with Crippen LogP contribution in [0.2, 0.25) is 0 Å². The van der Waals surface area contributed by atoms with Crippen LogP contribution >= 0.6 is 0 Å². The Balaban J connectivity index is 2.15. The summed E-state index contributed by atoms with van der Waals surface area (Å²) in [5.41, 5.74) is 1.06. The second kappa shape index (κ2) is 10.3.